The molecular weight excluding hydrogens is 264 g/mol. The number of azo groups is 1. The zero-order valence-electron chi connectivity index (χ0n) is 12.2. The van der Waals surface area contributed by atoms with Gasteiger partial charge in [0.1, 0.15) is 17.1 Å². The van der Waals surface area contributed by atoms with Gasteiger partial charge >= 0.3 is 0 Å². The molecule has 0 aliphatic carbocycles. The first kappa shape index (κ1) is 13.3. The number of benzene rings is 1. The first-order valence-corrected chi connectivity index (χ1v) is 6.72. The summed E-state index contributed by atoms with van der Waals surface area (Å²) in [6.07, 6.45) is 1.91. The molecule has 0 radical (unpaired) electrons. The summed E-state index contributed by atoms with van der Waals surface area (Å²) < 4.78 is 1.90. The minimum absolute atomic E-state index is 0.118. The van der Waals surface area contributed by atoms with Gasteiger partial charge < -0.3 is 5.11 Å². The largest absolute Gasteiger partial charge is 0.506 e. The number of imidazole rings is 1. The van der Waals surface area contributed by atoms with Crippen molar-refractivity contribution in [2.75, 3.05) is 0 Å². The number of aromatic hydroxyl groups is 1. The minimum atomic E-state index is 0.118. The van der Waals surface area contributed by atoms with Crippen molar-refractivity contribution in [1.29, 1.82) is 0 Å². The molecule has 0 aliphatic rings. The van der Waals surface area contributed by atoms with Crippen LogP contribution in [-0.4, -0.2) is 14.5 Å². The molecule has 5 heteroatoms. The van der Waals surface area contributed by atoms with Crippen molar-refractivity contribution in [1.82, 2.24) is 9.38 Å². The van der Waals surface area contributed by atoms with Crippen LogP contribution in [0.4, 0.5) is 11.5 Å². The van der Waals surface area contributed by atoms with Gasteiger partial charge in [0.2, 0.25) is 0 Å². The topological polar surface area (TPSA) is 62.2 Å². The molecule has 1 aromatic carbocycles. The third kappa shape index (κ3) is 2.38. The van der Waals surface area contributed by atoms with Crippen LogP contribution in [0.25, 0.3) is 5.65 Å². The molecule has 0 atom stereocenters. The summed E-state index contributed by atoms with van der Waals surface area (Å²) in [5, 5.41) is 18.3. The van der Waals surface area contributed by atoms with E-state index >= 15 is 0 Å². The zero-order valence-corrected chi connectivity index (χ0v) is 12.2. The average Bonchev–Trinajstić information content (AvgIpc) is 2.77. The lowest BCUT2D eigenvalue weighted by atomic mass is 10.2. The Morgan fingerprint density at radius 1 is 1.10 bits per heavy atom. The highest BCUT2D eigenvalue weighted by molar-refractivity contribution is 5.57. The van der Waals surface area contributed by atoms with Crippen molar-refractivity contribution >= 4 is 17.2 Å². The Hall–Kier alpha value is -2.69. The molecule has 0 unspecified atom stereocenters. The number of nitrogens with zero attached hydrogens (tertiary/aromatic N) is 4. The molecule has 2 heterocycles. The van der Waals surface area contributed by atoms with Gasteiger partial charge in [-0.1, -0.05) is 12.1 Å². The van der Waals surface area contributed by atoms with Gasteiger partial charge in [-0.2, -0.15) is 0 Å². The van der Waals surface area contributed by atoms with Crippen molar-refractivity contribution in [2.24, 2.45) is 10.2 Å². The summed E-state index contributed by atoms with van der Waals surface area (Å²) >= 11 is 0. The van der Waals surface area contributed by atoms with Crippen molar-refractivity contribution < 1.29 is 5.11 Å². The predicted octanol–water partition coefficient (Wildman–Crippen LogP) is 4.38. The summed E-state index contributed by atoms with van der Waals surface area (Å²) in [7, 11) is 0. The predicted molar refractivity (Wildman–Crippen MR) is 81.7 cm³/mol. The number of phenolic OH excluding ortho intramolecular Hbond substituents is 1. The van der Waals surface area contributed by atoms with Gasteiger partial charge in [0.05, 0.1) is 5.69 Å². The molecule has 0 fully saturated rings. The maximum atomic E-state index is 9.81. The molecule has 0 saturated carbocycles. The number of rotatable bonds is 2. The number of hydrogen-bond acceptors (Lipinski definition) is 4. The van der Waals surface area contributed by atoms with E-state index in [-0.39, 0.29) is 5.75 Å². The fourth-order valence-electron chi connectivity index (χ4n) is 2.24. The Balaban J connectivity index is 2.09. The molecule has 3 rings (SSSR count). The lowest BCUT2D eigenvalue weighted by Gasteiger charge is -2.00. The van der Waals surface area contributed by atoms with Gasteiger partial charge in [-0.3, -0.25) is 4.40 Å². The summed E-state index contributed by atoms with van der Waals surface area (Å²) in [4.78, 5) is 4.51. The number of hydrogen-bond donors (Lipinski definition) is 1. The quantitative estimate of drug-likeness (QED) is 0.708. The third-order valence-electron chi connectivity index (χ3n) is 3.37. The fourth-order valence-corrected chi connectivity index (χ4v) is 2.24. The van der Waals surface area contributed by atoms with Crippen LogP contribution in [0.2, 0.25) is 0 Å². The van der Waals surface area contributed by atoms with Gasteiger partial charge in [-0.25, -0.2) is 4.98 Å². The highest BCUT2D eigenvalue weighted by Gasteiger charge is 2.09. The molecule has 0 amide bonds. The molecule has 106 valence electrons. The SMILES string of the molecule is Cc1ccc(O)c(N=Nc2c(C)nc3c(C)cccn23)c1. The lowest BCUT2D eigenvalue weighted by Crippen LogP contribution is -1.85. The Kier molecular flexibility index (Phi) is 3.17. The Labute approximate surface area is 122 Å². The van der Waals surface area contributed by atoms with Crippen molar-refractivity contribution in [3.05, 3.63) is 53.3 Å². The van der Waals surface area contributed by atoms with E-state index in [9.17, 15) is 5.11 Å². The maximum absolute atomic E-state index is 9.81. The van der Waals surface area contributed by atoms with Crippen LogP contribution in [-0.2, 0) is 0 Å². The van der Waals surface area contributed by atoms with Crippen LogP contribution in [0.15, 0.2) is 46.8 Å². The van der Waals surface area contributed by atoms with Crippen LogP contribution in [0, 0.1) is 20.8 Å². The van der Waals surface area contributed by atoms with E-state index in [0.29, 0.717) is 11.5 Å². The number of pyridine rings is 1. The summed E-state index contributed by atoms with van der Waals surface area (Å²) in [5.74, 6) is 0.793. The van der Waals surface area contributed by atoms with Gasteiger partial charge in [0.25, 0.3) is 0 Å². The van der Waals surface area contributed by atoms with Crippen molar-refractivity contribution in [3.8, 4) is 5.75 Å². The molecule has 5 nitrogen and oxygen atoms in total. The summed E-state index contributed by atoms with van der Waals surface area (Å²) in [6.45, 7) is 5.85. The second kappa shape index (κ2) is 5.01. The lowest BCUT2D eigenvalue weighted by molar-refractivity contribution is 0.476. The van der Waals surface area contributed by atoms with Gasteiger partial charge in [0, 0.05) is 6.20 Å². The van der Waals surface area contributed by atoms with E-state index in [2.05, 4.69) is 15.2 Å². The highest BCUT2D eigenvalue weighted by Crippen LogP contribution is 2.30. The van der Waals surface area contributed by atoms with Gasteiger partial charge in [0.15, 0.2) is 5.82 Å². The molecule has 0 aliphatic heterocycles. The summed E-state index contributed by atoms with van der Waals surface area (Å²) in [5.41, 5.74) is 4.24. The van der Waals surface area contributed by atoms with E-state index in [1.807, 2.05) is 49.6 Å². The molecule has 0 saturated heterocycles. The Morgan fingerprint density at radius 3 is 2.71 bits per heavy atom. The number of aryl methyl sites for hydroxylation is 3. The first-order chi connectivity index (χ1) is 10.1. The molecule has 21 heavy (non-hydrogen) atoms. The second-order valence-corrected chi connectivity index (χ2v) is 5.10. The van der Waals surface area contributed by atoms with Gasteiger partial charge in [-0.15, -0.1) is 10.2 Å². The van der Waals surface area contributed by atoms with Crippen LogP contribution < -0.4 is 0 Å². The van der Waals surface area contributed by atoms with E-state index in [1.54, 1.807) is 12.1 Å². The molecule has 0 bridgehead atoms. The average molecular weight is 280 g/mol. The van der Waals surface area contributed by atoms with Gasteiger partial charge in [-0.05, 0) is 50.1 Å². The Morgan fingerprint density at radius 2 is 1.90 bits per heavy atom. The molecule has 2 aromatic heterocycles. The van der Waals surface area contributed by atoms with Crippen LogP contribution in [0.5, 0.6) is 5.75 Å². The third-order valence-corrected chi connectivity index (χ3v) is 3.37. The van der Waals surface area contributed by atoms with Crippen LogP contribution in [0.1, 0.15) is 16.8 Å². The Bertz CT molecular complexity index is 849. The number of aromatic nitrogens is 2. The fraction of sp³-hybridized carbons (Fsp3) is 0.188. The van der Waals surface area contributed by atoms with E-state index < -0.39 is 0 Å². The molecule has 1 N–H and O–H groups in total. The van der Waals surface area contributed by atoms with E-state index in [4.69, 9.17) is 0 Å². The van der Waals surface area contributed by atoms with Crippen LogP contribution >= 0.6 is 0 Å². The first-order valence-electron chi connectivity index (χ1n) is 6.72. The standard InChI is InChI=1S/C16H16N4O/c1-10-6-7-14(21)13(9-10)18-19-16-12(3)17-15-11(2)5-4-8-20(15)16/h4-9,21H,1-3H3. The smallest absolute Gasteiger partial charge is 0.182 e. The number of fused-ring (bicyclic) bond motifs is 1. The minimum Gasteiger partial charge on any atom is -0.506 e. The van der Waals surface area contributed by atoms with E-state index in [1.165, 1.54) is 0 Å². The van der Waals surface area contributed by atoms with Crippen LogP contribution in [0.3, 0.4) is 0 Å². The second-order valence-electron chi connectivity index (χ2n) is 5.10. The van der Waals surface area contributed by atoms with Crippen molar-refractivity contribution in [2.45, 2.75) is 20.8 Å². The summed E-state index contributed by atoms with van der Waals surface area (Å²) in [6, 6.07) is 9.21. The normalized spacial score (nSPS) is 11.6. The molecule has 0 spiro atoms. The zero-order chi connectivity index (χ0) is 15.0. The van der Waals surface area contributed by atoms with E-state index in [0.717, 1.165) is 22.5 Å². The van der Waals surface area contributed by atoms with Crippen molar-refractivity contribution in [3.63, 3.8) is 0 Å². The highest BCUT2D eigenvalue weighted by atomic mass is 16.3. The number of phenols is 1. The maximum Gasteiger partial charge on any atom is 0.182 e. The monoisotopic (exact) mass is 280 g/mol. The molecule has 3 aromatic rings. The molecular formula is C16H16N4O.